The average Bonchev–Trinajstić information content (AvgIpc) is 2.77. The molecule has 0 saturated heterocycles. The Labute approximate surface area is 179 Å². The van der Waals surface area contributed by atoms with Crippen molar-refractivity contribution in [3.63, 3.8) is 0 Å². The molecule has 8 nitrogen and oxygen atoms in total. The Hall–Kier alpha value is -3.73. The van der Waals surface area contributed by atoms with Crippen LogP contribution in [0.3, 0.4) is 0 Å². The first-order valence-electron chi connectivity index (χ1n) is 9.45. The van der Waals surface area contributed by atoms with Crippen molar-refractivity contribution in [1.82, 2.24) is 19.7 Å². The fourth-order valence-corrected chi connectivity index (χ4v) is 2.91. The van der Waals surface area contributed by atoms with Crippen LogP contribution in [-0.4, -0.2) is 40.5 Å². The van der Waals surface area contributed by atoms with Crippen molar-refractivity contribution in [3.8, 4) is 5.69 Å². The molecule has 3 rings (SSSR count). The van der Waals surface area contributed by atoms with Crippen LogP contribution >= 0.6 is 0 Å². The van der Waals surface area contributed by atoms with Gasteiger partial charge < -0.3 is 10.1 Å². The number of carbonyl (C=O) groups is 1. The second-order valence-electron chi connectivity index (χ2n) is 6.72. The van der Waals surface area contributed by atoms with Crippen molar-refractivity contribution in [2.45, 2.75) is 12.7 Å². The maximum atomic E-state index is 13.1. The van der Waals surface area contributed by atoms with E-state index in [1.54, 1.807) is 30.3 Å². The number of carbonyl (C=O) groups excluding carboxylic acids is 1. The Morgan fingerprint density at radius 3 is 2.47 bits per heavy atom. The van der Waals surface area contributed by atoms with E-state index in [-0.39, 0.29) is 24.4 Å². The maximum Gasteiger partial charge on any atom is 0.416 e. The van der Waals surface area contributed by atoms with Crippen molar-refractivity contribution in [2.75, 3.05) is 20.3 Å². The van der Waals surface area contributed by atoms with Gasteiger partial charge in [0.15, 0.2) is 0 Å². The van der Waals surface area contributed by atoms with E-state index >= 15 is 0 Å². The fourth-order valence-electron chi connectivity index (χ4n) is 2.91. The molecule has 1 aromatic heterocycles. The Bertz CT molecular complexity index is 1220. The van der Waals surface area contributed by atoms with Crippen LogP contribution in [0.2, 0.25) is 0 Å². The highest BCUT2D eigenvalue weighted by Gasteiger charge is 2.30. The number of rotatable bonds is 7. The quantitative estimate of drug-likeness (QED) is 0.557. The molecule has 0 saturated carbocycles. The van der Waals surface area contributed by atoms with Gasteiger partial charge in [-0.05, 0) is 29.8 Å². The van der Waals surface area contributed by atoms with E-state index in [0.29, 0.717) is 4.57 Å². The van der Waals surface area contributed by atoms with E-state index in [9.17, 15) is 27.6 Å². The summed E-state index contributed by atoms with van der Waals surface area (Å²) in [4.78, 5) is 38.4. The number of hydrogen-bond donors (Lipinski definition) is 1. The lowest BCUT2D eigenvalue weighted by atomic mass is 10.1. The van der Waals surface area contributed by atoms with E-state index in [4.69, 9.17) is 4.74 Å². The summed E-state index contributed by atoms with van der Waals surface area (Å²) in [5, 5.41) is 6.37. The van der Waals surface area contributed by atoms with E-state index in [2.05, 4.69) is 10.4 Å². The van der Waals surface area contributed by atoms with Gasteiger partial charge in [0, 0.05) is 13.7 Å². The second kappa shape index (κ2) is 9.60. The van der Waals surface area contributed by atoms with Gasteiger partial charge in [-0.25, -0.2) is 4.79 Å². The number of para-hydroxylation sites is 1. The van der Waals surface area contributed by atoms with Crippen molar-refractivity contribution in [2.24, 2.45) is 0 Å². The van der Waals surface area contributed by atoms with Crippen LogP contribution < -0.4 is 16.6 Å². The molecular weight excluding hydrogens is 429 g/mol. The van der Waals surface area contributed by atoms with Crippen LogP contribution in [0.25, 0.3) is 5.69 Å². The van der Waals surface area contributed by atoms with Crippen LogP contribution in [-0.2, 0) is 17.5 Å². The van der Waals surface area contributed by atoms with Crippen LogP contribution in [0.4, 0.5) is 13.2 Å². The molecule has 168 valence electrons. The van der Waals surface area contributed by atoms with Gasteiger partial charge in [-0.15, -0.1) is 0 Å². The number of halogens is 3. The molecule has 2 aromatic carbocycles. The van der Waals surface area contributed by atoms with E-state index in [1.165, 1.54) is 19.2 Å². The summed E-state index contributed by atoms with van der Waals surface area (Å²) in [6.07, 6.45) is -4.59. The summed E-state index contributed by atoms with van der Waals surface area (Å²) in [6, 6.07) is 12.3. The number of nitrogens with zero attached hydrogens (tertiary/aromatic N) is 3. The summed E-state index contributed by atoms with van der Waals surface area (Å²) in [5.74, 6) is -0.838. The lowest BCUT2D eigenvalue weighted by Crippen LogP contribution is -2.46. The topological polar surface area (TPSA) is 95.2 Å². The maximum absolute atomic E-state index is 13.1. The summed E-state index contributed by atoms with van der Waals surface area (Å²) in [6.45, 7) is -0.202. The highest BCUT2D eigenvalue weighted by atomic mass is 19.4. The Morgan fingerprint density at radius 1 is 1.09 bits per heavy atom. The van der Waals surface area contributed by atoms with E-state index in [1.807, 2.05) is 0 Å². The third kappa shape index (κ3) is 5.11. The van der Waals surface area contributed by atoms with Gasteiger partial charge in [-0.2, -0.15) is 23.0 Å². The molecule has 1 N–H and O–H groups in total. The van der Waals surface area contributed by atoms with Crippen molar-refractivity contribution in [3.05, 3.63) is 92.3 Å². The van der Waals surface area contributed by atoms with Gasteiger partial charge >= 0.3 is 11.9 Å². The number of amides is 1. The molecule has 0 bridgehead atoms. The average molecular weight is 448 g/mol. The number of aromatic nitrogens is 3. The molecule has 0 spiro atoms. The predicted octanol–water partition coefficient (Wildman–Crippen LogP) is 1.84. The molecule has 1 amide bonds. The number of hydrogen-bond acceptors (Lipinski definition) is 5. The number of benzene rings is 2. The van der Waals surface area contributed by atoms with Crippen molar-refractivity contribution in [1.29, 1.82) is 0 Å². The third-order valence-electron chi connectivity index (χ3n) is 4.46. The Kier molecular flexibility index (Phi) is 6.89. The van der Waals surface area contributed by atoms with Crippen molar-refractivity contribution >= 4 is 5.91 Å². The molecule has 32 heavy (non-hydrogen) atoms. The zero-order valence-corrected chi connectivity index (χ0v) is 16.9. The molecule has 0 atom stereocenters. The zero-order valence-electron chi connectivity index (χ0n) is 16.9. The highest BCUT2D eigenvalue weighted by molar-refractivity contribution is 5.91. The standard InChI is InChI=1S/C21H19F3N4O4/c1-32-11-10-25-18(29)17-19(30)27(13-14-6-5-7-15(12-14)21(22,23)24)20(31)28(26-17)16-8-3-2-4-9-16/h2-9,12H,10-11,13H2,1H3,(H,25,29). The highest BCUT2D eigenvalue weighted by Crippen LogP contribution is 2.29. The monoisotopic (exact) mass is 448 g/mol. The summed E-state index contributed by atoms with van der Waals surface area (Å²) >= 11 is 0. The number of nitrogens with one attached hydrogen (secondary N) is 1. The third-order valence-corrected chi connectivity index (χ3v) is 4.46. The van der Waals surface area contributed by atoms with Crippen LogP contribution in [0.15, 0.2) is 64.2 Å². The first-order chi connectivity index (χ1) is 15.2. The zero-order chi connectivity index (χ0) is 23.3. The summed E-state index contributed by atoms with van der Waals surface area (Å²) in [5.41, 5.74) is -3.06. The first-order valence-corrected chi connectivity index (χ1v) is 9.45. The summed E-state index contributed by atoms with van der Waals surface area (Å²) in [7, 11) is 1.43. The van der Waals surface area contributed by atoms with Gasteiger partial charge in [0.2, 0.25) is 5.69 Å². The van der Waals surface area contributed by atoms with E-state index in [0.717, 1.165) is 16.8 Å². The minimum absolute atomic E-state index is 0.0653. The molecule has 1 heterocycles. The van der Waals surface area contributed by atoms with Crippen LogP contribution in [0.1, 0.15) is 21.6 Å². The van der Waals surface area contributed by atoms with Crippen LogP contribution in [0.5, 0.6) is 0 Å². The van der Waals surface area contributed by atoms with Gasteiger partial charge in [0.05, 0.1) is 24.4 Å². The predicted molar refractivity (Wildman–Crippen MR) is 109 cm³/mol. The molecule has 0 aliphatic rings. The minimum atomic E-state index is -4.59. The lowest BCUT2D eigenvalue weighted by molar-refractivity contribution is -0.137. The molecule has 0 fully saturated rings. The van der Waals surface area contributed by atoms with Gasteiger partial charge in [0.1, 0.15) is 0 Å². The molecule has 0 radical (unpaired) electrons. The first kappa shape index (κ1) is 22.9. The smallest absolute Gasteiger partial charge is 0.383 e. The van der Waals surface area contributed by atoms with Gasteiger partial charge in [-0.1, -0.05) is 30.3 Å². The van der Waals surface area contributed by atoms with Gasteiger partial charge in [-0.3, -0.25) is 14.2 Å². The Morgan fingerprint density at radius 2 is 1.81 bits per heavy atom. The number of ether oxygens (including phenoxy) is 1. The van der Waals surface area contributed by atoms with Crippen LogP contribution in [0, 0.1) is 0 Å². The van der Waals surface area contributed by atoms with E-state index < -0.39 is 41.1 Å². The number of methoxy groups -OCH3 is 1. The largest absolute Gasteiger partial charge is 0.416 e. The normalized spacial score (nSPS) is 11.4. The molecule has 0 unspecified atom stereocenters. The second-order valence-corrected chi connectivity index (χ2v) is 6.72. The Balaban J connectivity index is 2.12. The minimum Gasteiger partial charge on any atom is -0.383 e. The SMILES string of the molecule is COCCNC(=O)c1nn(-c2ccccc2)c(=O)n(Cc2cccc(C(F)(F)F)c2)c1=O. The molecule has 0 aliphatic heterocycles. The molecule has 3 aromatic rings. The fraction of sp³-hybridized carbons (Fsp3) is 0.238. The molecule has 0 aliphatic carbocycles. The summed E-state index contributed by atoms with van der Waals surface area (Å²) < 4.78 is 45.6. The van der Waals surface area contributed by atoms with Crippen molar-refractivity contribution < 1.29 is 22.7 Å². The lowest BCUT2D eigenvalue weighted by Gasteiger charge is -2.13. The molecule has 11 heteroatoms. The number of alkyl halides is 3. The molecular formula is C21H19F3N4O4. The van der Waals surface area contributed by atoms with Gasteiger partial charge in [0.25, 0.3) is 11.5 Å².